The van der Waals surface area contributed by atoms with Gasteiger partial charge in [-0.15, -0.1) is 0 Å². The lowest BCUT2D eigenvalue weighted by atomic mass is 9.69. The van der Waals surface area contributed by atoms with E-state index < -0.39 is 0 Å². The molecular formula is C32H43N2S+. The predicted molar refractivity (Wildman–Crippen MR) is 156 cm³/mol. The van der Waals surface area contributed by atoms with Crippen LogP contribution >= 0.6 is 12.6 Å². The highest BCUT2D eigenvalue weighted by atomic mass is 32.1. The van der Waals surface area contributed by atoms with Crippen molar-refractivity contribution in [3.05, 3.63) is 68.7 Å². The highest BCUT2D eigenvalue weighted by Gasteiger charge is 2.40. The number of benzene rings is 2. The largest absolute Gasteiger partial charge is 0.366 e. The Morgan fingerprint density at radius 1 is 1.00 bits per heavy atom. The van der Waals surface area contributed by atoms with Crippen molar-refractivity contribution in [1.82, 2.24) is 4.58 Å². The Hall–Kier alpha value is -2.00. The van der Waals surface area contributed by atoms with E-state index in [0.29, 0.717) is 5.92 Å². The van der Waals surface area contributed by atoms with Crippen molar-refractivity contribution in [1.29, 1.82) is 0 Å². The maximum atomic E-state index is 4.72. The summed E-state index contributed by atoms with van der Waals surface area (Å²) in [5.41, 5.74) is 10.0. The van der Waals surface area contributed by atoms with Crippen molar-refractivity contribution >= 4 is 30.0 Å². The molecule has 0 bridgehead atoms. The van der Waals surface area contributed by atoms with E-state index in [9.17, 15) is 0 Å². The van der Waals surface area contributed by atoms with E-state index in [4.69, 9.17) is 12.6 Å². The molecule has 0 spiro atoms. The van der Waals surface area contributed by atoms with Crippen LogP contribution in [0.3, 0.4) is 0 Å². The van der Waals surface area contributed by atoms with E-state index in [0.717, 1.165) is 18.8 Å². The number of fused-ring (bicyclic) bond motifs is 4. The summed E-state index contributed by atoms with van der Waals surface area (Å²) in [6.45, 7) is 23.3. The number of anilines is 1. The Morgan fingerprint density at radius 2 is 1.71 bits per heavy atom. The first-order chi connectivity index (χ1) is 16.4. The maximum Gasteiger partial charge on any atom is 0.208 e. The van der Waals surface area contributed by atoms with Crippen molar-refractivity contribution < 1.29 is 0 Å². The molecule has 35 heavy (non-hydrogen) atoms. The normalized spacial score (nSPS) is 22.9. The van der Waals surface area contributed by atoms with Gasteiger partial charge in [0.25, 0.3) is 0 Å². The maximum absolute atomic E-state index is 4.72. The van der Waals surface area contributed by atoms with Gasteiger partial charge in [-0.25, -0.2) is 4.58 Å². The van der Waals surface area contributed by atoms with Crippen molar-refractivity contribution in [3.8, 4) is 0 Å². The van der Waals surface area contributed by atoms with Crippen LogP contribution in [0.4, 0.5) is 5.69 Å². The summed E-state index contributed by atoms with van der Waals surface area (Å²) in [6.07, 6.45) is 6.06. The molecule has 3 heteroatoms. The van der Waals surface area contributed by atoms with E-state index in [-0.39, 0.29) is 16.5 Å². The fourth-order valence-electron chi connectivity index (χ4n) is 7.47. The van der Waals surface area contributed by atoms with Crippen LogP contribution in [0.25, 0.3) is 11.6 Å². The Morgan fingerprint density at radius 3 is 2.34 bits per heavy atom. The van der Waals surface area contributed by atoms with Gasteiger partial charge in [-0.05, 0) is 103 Å². The van der Waals surface area contributed by atoms with Crippen molar-refractivity contribution in [3.63, 3.8) is 0 Å². The second-order valence-corrected chi connectivity index (χ2v) is 12.9. The second-order valence-electron chi connectivity index (χ2n) is 12.6. The van der Waals surface area contributed by atoms with Gasteiger partial charge >= 0.3 is 0 Å². The van der Waals surface area contributed by atoms with Gasteiger partial charge < -0.3 is 4.90 Å². The van der Waals surface area contributed by atoms with Gasteiger partial charge in [-0.3, -0.25) is 0 Å². The van der Waals surface area contributed by atoms with Crippen LogP contribution in [0, 0.1) is 0 Å². The topological polar surface area (TPSA) is 6.25 Å². The lowest BCUT2D eigenvalue weighted by molar-refractivity contribution is 0.381. The van der Waals surface area contributed by atoms with Gasteiger partial charge in [0.1, 0.15) is 6.54 Å². The number of nitrogens with zero attached hydrogens (tertiary/aromatic N) is 2. The van der Waals surface area contributed by atoms with Crippen LogP contribution in [0.5, 0.6) is 0 Å². The first-order valence-corrected chi connectivity index (χ1v) is 14.1. The third-order valence-corrected chi connectivity index (χ3v) is 9.39. The molecule has 2 aliphatic heterocycles. The molecule has 1 unspecified atom stereocenters. The zero-order valence-corrected chi connectivity index (χ0v) is 24.1. The minimum Gasteiger partial charge on any atom is -0.366 e. The van der Waals surface area contributed by atoms with E-state index in [2.05, 4.69) is 108 Å². The number of rotatable bonds is 3. The average Bonchev–Trinajstić information content (AvgIpc) is 2.77. The molecule has 0 N–H and O–H groups in total. The molecule has 186 valence electrons. The summed E-state index contributed by atoms with van der Waals surface area (Å²) in [5.74, 6) is 1.33. The molecule has 2 aromatic carbocycles. The molecule has 1 atom stereocenters. The summed E-state index contributed by atoms with van der Waals surface area (Å²) < 4.78 is 2.55. The standard InChI is InChI=1S/C32H42N2S/c1-10-33-28-15-26-21(13-24(28)20(3)17-30(33,4)5)12-22-14-25-23(19-35)18-31(6,7)34(11-2)29(25)16-27(22)32(26,8)9/h12-16,18,20H,10-11,17,19H2,1-9H3/p+1. The third-order valence-electron chi connectivity index (χ3n) is 9.05. The van der Waals surface area contributed by atoms with Gasteiger partial charge in [0, 0.05) is 48.9 Å². The average molecular weight is 488 g/mol. The molecule has 0 saturated carbocycles. The Kier molecular flexibility index (Phi) is 5.64. The first-order valence-electron chi connectivity index (χ1n) is 13.5. The molecule has 3 aliphatic rings. The quantitative estimate of drug-likeness (QED) is 0.419. The molecule has 0 fully saturated rings. The smallest absolute Gasteiger partial charge is 0.208 e. The molecule has 1 aliphatic carbocycles. The van der Waals surface area contributed by atoms with Gasteiger partial charge in [-0.2, -0.15) is 12.6 Å². The number of hydrogen-bond donors (Lipinski definition) is 1. The molecular weight excluding hydrogens is 444 g/mol. The van der Waals surface area contributed by atoms with E-state index >= 15 is 0 Å². The zero-order valence-electron chi connectivity index (χ0n) is 23.2. The predicted octanol–water partition coefficient (Wildman–Crippen LogP) is 5.88. The molecule has 0 aromatic heterocycles. The van der Waals surface area contributed by atoms with Crippen LogP contribution in [-0.2, 0) is 5.41 Å². The fourth-order valence-corrected chi connectivity index (χ4v) is 7.73. The summed E-state index contributed by atoms with van der Waals surface area (Å²) >= 11 is 4.72. The highest BCUT2D eigenvalue weighted by Crippen LogP contribution is 2.47. The van der Waals surface area contributed by atoms with Crippen molar-refractivity contribution in [2.24, 2.45) is 0 Å². The Bertz CT molecular complexity index is 1370. The molecule has 2 nitrogen and oxygen atoms in total. The first kappa shape index (κ1) is 24.7. The Labute approximate surface area is 217 Å². The van der Waals surface area contributed by atoms with Gasteiger partial charge in [-0.1, -0.05) is 20.8 Å². The Balaban J connectivity index is 1.82. The highest BCUT2D eigenvalue weighted by molar-refractivity contribution is 7.80. The minimum absolute atomic E-state index is 0.0170. The zero-order chi connectivity index (χ0) is 25.5. The van der Waals surface area contributed by atoms with Crippen LogP contribution < -0.4 is 20.1 Å². The van der Waals surface area contributed by atoms with Crippen LogP contribution in [-0.4, -0.2) is 29.9 Å². The molecule has 5 rings (SSSR count). The van der Waals surface area contributed by atoms with E-state index in [1.807, 2.05) is 0 Å². The summed E-state index contributed by atoms with van der Waals surface area (Å²) in [7, 11) is 0. The summed E-state index contributed by atoms with van der Waals surface area (Å²) in [5, 5.41) is 2.72. The second kappa shape index (κ2) is 8.00. The molecule has 0 saturated heterocycles. The molecule has 0 radical (unpaired) electrons. The number of thiol groups is 1. The minimum atomic E-state index is -0.0699. The van der Waals surface area contributed by atoms with Gasteiger partial charge in [0.15, 0.2) is 5.54 Å². The van der Waals surface area contributed by atoms with Crippen LogP contribution in [0.15, 0.2) is 30.3 Å². The van der Waals surface area contributed by atoms with Gasteiger partial charge in [0.2, 0.25) is 5.36 Å². The number of likely N-dealkylation sites (N-methyl/N-ethyl adjacent to an activating group) is 1. The van der Waals surface area contributed by atoms with Crippen molar-refractivity contribution in [2.75, 3.05) is 23.7 Å². The number of hydrogen-bond acceptors (Lipinski definition) is 2. The molecule has 2 heterocycles. The van der Waals surface area contributed by atoms with E-state index in [1.165, 1.54) is 56.1 Å². The molecule has 0 amide bonds. The monoisotopic (exact) mass is 487 g/mol. The summed E-state index contributed by atoms with van der Waals surface area (Å²) in [4.78, 5) is 2.63. The van der Waals surface area contributed by atoms with E-state index in [1.54, 1.807) is 0 Å². The fraction of sp³-hybridized carbons (Fsp3) is 0.531. The third kappa shape index (κ3) is 3.56. The summed E-state index contributed by atoms with van der Waals surface area (Å²) in [6, 6.07) is 9.98. The lowest BCUT2D eigenvalue weighted by Gasteiger charge is -2.48. The SMILES string of the molecule is CCN1c2cc3c(cc2C(C)CC1(C)C)C=c1cc2c(cc1C3(C)C)=[N+](CC)C(C)(C)C=C2CS. The van der Waals surface area contributed by atoms with Gasteiger partial charge in [0.05, 0.1) is 5.56 Å². The van der Waals surface area contributed by atoms with Crippen molar-refractivity contribution in [2.45, 2.75) is 91.1 Å². The molecule has 2 aromatic rings. The van der Waals surface area contributed by atoms with Crippen LogP contribution in [0.1, 0.15) is 102 Å². The van der Waals surface area contributed by atoms with Crippen LogP contribution in [0.2, 0.25) is 0 Å². The lowest BCUT2D eigenvalue weighted by Crippen LogP contribution is -2.50.